The number of benzene rings is 2. The molecule has 4 rings (SSSR count). The first-order chi connectivity index (χ1) is 19.5. The van der Waals surface area contributed by atoms with Gasteiger partial charge in [-0.15, -0.1) is 0 Å². The van der Waals surface area contributed by atoms with Crippen molar-refractivity contribution in [3.05, 3.63) is 83.2 Å². The van der Waals surface area contributed by atoms with Crippen LogP contribution < -0.4 is 16.4 Å². The van der Waals surface area contributed by atoms with Crippen LogP contribution in [0.1, 0.15) is 53.6 Å². The van der Waals surface area contributed by atoms with Gasteiger partial charge < -0.3 is 21.3 Å². The fourth-order valence-electron chi connectivity index (χ4n) is 4.99. The van der Waals surface area contributed by atoms with Gasteiger partial charge in [0, 0.05) is 37.7 Å². The molecule has 1 aliphatic heterocycles. The Bertz CT molecular complexity index is 1370. The molecule has 0 unspecified atom stereocenters. The van der Waals surface area contributed by atoms with E-state index in [1.807, 2.05) is 23.1 Å². The summed E-state index contributed by atoms with van der Waals surface area (Å²) in [5.41, 5.74) is 8.51. The Morgan fingerprint density at radius 3 is 2.80 bits per heavy atom. The van der Waals surface area contributed by atoms with Crippen molar-refractivity contribution in [2.24, 2.45) is 5.73 Å². The SMILES string of the molecule is N#Cc1ccccc1-c1ccc(C(=O)NC[C@H]2CCCC(=O)N2CCCCN)c(NCCc2cccc(F)c2)n1. The number of nitriles is 1. The van der Waals surface area contributed by atoms with E-state index < -0.39 is 0 Å². The highest BCUT2D eigenvalue weighted by Crippen LogP contribution is 2.25. The van der Waals surface area contributed by atoms with Crippen molar-refractivity contribution in [1.29, 1.82) is 5.26 Å². The number of nitrogens with two attached hydrogens (primary N) is 1. The zero-order chi connectivity index (χ0) is 28.3. The summed E-state index contributed by atoms with van der Waals surface area (Å²) in [6.45, 7) is 1.99. The predicted molar refractivity (Wildman–Crippen MR) is 153 cm³/mol. The highest BCUT2D eigenvalue weighted by Gasteiger charge is 2.28. The molecule has 4 N–H and O–H groups in total. The Morgan fingerprint density at radius 1 is 1.15 bits per heavy atom. The van der Waals surface area contributed by atoms with E-state index >= 15 is 0 Å². The molecule has 1 aromatic heterocycles. The topological polar surface area (TPSA) is 124 Å². The normalized spacial score (nSPS) is 15.0. The van der Waals surface area contributed by atoms with Crippen LogP contribution in [0.4, 0.5) is 10.2 Å². The Hall–Kier alpha value is -4.29. The first-order valence-corrected chi connectivity index (χ1v) is 13.8. The highest BCUT2D eigenvalue weighted by atomic mass is 19.1. The van der Waals surface area contributed by atoms with Crippen molar-refractivity contribution >= 4 is 17.6 Å². The fourth-order valence-corrected chi connectivity index (χ4v) is 4.99. The molecule has 0 aliphatic carbocycles. The van der Waals surface area contributed by atoms with Crippen LogP contribution in [0.2, 0.25) is 0 Å². The van der Waals surface area contributed by atoms with Gasteiger partial charge >= 0.3 is 0 Å². The number of amides is 2. The Kier molecular flexibility index (Phi) is 10.2. The minimum Gasteiger partial charge on any atom is -0.369 e. The molecule has 1 aliphatic rings. The van der Waals surface area contributed by atoms with Crippen LogP contribution in [0.25, 0.3) is 11.3 Å². The van der Waals surface area contributed by atoms with Gasteiger partial charge in [-0.2, -0.15) is 5.26 Å². The van der Waals surface area contributed by atoms with Gasteiger partial charge in [0.25, 0.3) is 5.91 Å². The average Bonchev–Trinajstić information content (AvgIpc) is 2.97. The third kappa shape index (κ3) is 7.42. The van der Waals surface area contributed by atoms with Gasteiger partial charge in [-0.1, -0.05) is 30.3 Å². The van der Waals surface area contributed by atoms with Gasteiger partial charge in [0.05, 0.1) is 22.9 Å². The van der Waals surface area contributed by atoms with Crippen molar-refractivity contribution in [2.45, 2.75) is 44.6 Å². The molecule has 2 aromatic carbocycles. The minimum absolute atomic E-state index is 0.0675. The van der Waals surface area contributed by atoms with E-state index in [9.17, 15) is 19.2 Å². The van der Waals surface area contributed by atoms with Gasteiger partial charge in [-0.05, 0) is 74.5 Å². The van der Waals surface area contributed by atoms with Crippen molar-refractivity contribution in [1.82, 2.24) is 15.2 Å². The fraction of sp³-hybridized carbons (Fsp3) is 0.355. The molecule has 2 heterocycles. The number of hydrogen-bond acceptors (Lipinski definition) is 6. The maximum Gasteiger partial charge on any atom is 0.255 e. The lowest BCUT2D eigenvalue weighted by molar-refractivity contribution is -0.136. The van der Waals surface area contributed by atoms with Crippen LogP contribution in [0.15, 0.2) is 60.7 Å². The number of likely N-dealkylation sites (tertiary alicyclic amines) is 1. The summed E-state index contributed by atoms with van der Waals surface area (Å²) >= 11 is 0. The number of piperidine rings is 1. The van der Waals surface area contributed by atoms with Crippen molar-refractivity contribution in [3.63, 3.8) is 0 Å². The van der Waals surface area contributed by atoms with Crippen LogP contribution >= 0.6 is 0 Å². The summed E-state index contributed by atoms with van der Waals surface area (Å²) < 4.78 is 13.6. The molecule has 3 aromatic rings. The van der Waals surface area contributed by atoms with Crippen molar-refractivity contribution in [3.8, 4) is 17.3 Å². The number of pyridine rings is 1. The zero-order valence-corrected chi connectivity index (χ0v) is 22.5. The average molecular weight is 543 g/mol. The van der Waals surface area contributed by atoms with E-state index in [0.29, 0.717) is 67.2 Å². The molecule has 40 heavy (non-hydrogen) atoms. The third-order valence-electron chi connectivity index (χ3n) is 7.10. The number of nitrogens with zero attached hydrogens (tertiary/aromatic N) is 3. The molecular formula is C31H35FN6O2. The van der Waals surface area contributed by atoms with E-state index in [-0.39, 0.29) is 23.7 Å². The number of carbonyl (C=O) groups excluding carboxylic acids is 2. The minimum atomic E-state index is -0.305. The number of aromatic nitrogens is 1. The van der Waals surface area contributed by atoms with E-state index in [4.69, 9.17) is 10.7 Å². The second kappa shape index (κ2) is 14.2. The number of halogens is 1. The van der Waals surface area contributed by atoms with E-state index in [1.54, 1.807) is 30.3 Å². The molecular weight excluding hydrogens is 507 g/mol. The monoisotopic (exact) mass is 542 g/mol. The highest BCUT2D eigenvalue weighted by molar-refractivity contribution is 5.99. The Morgan fingerprint density at radius 2 is 2.00 bits per heavy atom. The Balaban J connectivity index is 1.52. The lowest BCUT2D eigenvalue weighted by atomic mass is 10.0. The van der Waals surface area contributed by atoms with Gasteiger partial charge in [-0.3, -0.25) is 9.59 Å². The summed E-state index contributed by atoms with van der Waals surface area (Å²) in [7, 11) is 0. The molecule has 2 amide bonds. The largest absolute Gasteiger partial charge is 0.369 e. The molecule has 0 bridgehead atoms. The number of nitrogens with one attached hydrogen (secondary N) is 2. The quantitative estimate of drug-likeness (QED) is 0.294. The number of hydrogen-bond donors (Lipinski definition) is 3. The standard InChI is InChI=1S/C31H35FN6O2/c32-24-9-5-7-22(19-24)15-17-35-30-27(13-14-28(37-30)26-11-2-1-8-23(26)20-34)31(40)36-21-25-10-6-12-29(39)38(25)18-4-3-16-33/h1-2,5,7-9,11,13-14,19,25H,3-4,6,10,12,15-18,21,33H2,(H,35,37)(H,36,40)/t25-/m1/s1. The molecule has 0 radical (unpaired) electrons. The summed E-state index contributed by atoms with van der Waals surface area (Å²) in [6, 6.07) is 19.1. The van der Waals surface area contributed by atoms with Gasteiger partial charge in [0.1, 0.15) is 11.6 Å². The van der Waals surface area contributed by atoms with E-state index in [0.717, 1.165) is 31.2 Å². The van der Waals surface area contributed by atoms with Crippen LogP contribution in [0, 0.1) is 17.1 Å². The number of carbonyl (C=O) groups is 2. The van der Waals surface area contributed by atoms with Gasteiger partial charge in [0.2, 0.25) is 5.91 Å². The number of anilines is 1. The predicted octanol–water partition coefficient (Wildman–Crippen LogP) is 4.26. The maximum absolute atomic E-state index is 13.6. The van der Waals surface area contributed by atoms with Crippen molar-refractivity contribution in [2.75, 3.05) is 31.5 Å². The van der Waals surface area contributed by atoms with Gasteiger partial charge in [-0.25, -0.2) is 9.37 Å². The smallest absolute Gasteiger partial charge is 0.255 e. The lowest BCUT2D eigenvalue weighted by Crippen LogP contribution is -2.49. The van der Waals surface area contributed by atoms with Crippen LogP contribution in [0.5, 0.6) is 0 Å². The Labute approximate surface area is 234 Å². The summed E-state index contributed by atoms with van der Waals surface area (Å²) in [4.78, 5) is 32.5. The molecule has 208 valence electrons. The zero-order valence-electron chi connectivity index (χ0n) is 22.5. The summed E-state index contributed by atoms with van der Waals surface area (Å²) in [5.74, 6) is -0.118. The van der Waals surface area contributed by atoms with Crippen LogP contribution in [0.3, 0.4) is 0 Å². The van der Waals surface area contributed by atoms with Crippen LogP contribution in [-0.4, -0.2) is 53.9 Å². The first-order valence-electron chi connectivity index (χ1n) is 13.8. The summed E-state index contributed by atoms with van der Waals surface area (Å²) in [5, 5.41) is 15.8. The lowest BCUT2D eigenvalue weighted by Gasteiger charge is -2.36. The molecule has 1 saturated heterocycles. The number of rotatable bonds is 12. The molecule has 0 spiro atoms. The second-order valence-corrected chi connectivity index (χ2v) is 9.90. The first kappa shape index (κ1) is 28.7. The molecule has 8 nitrogen and oxygen atoms in total. The van der Waals surface area contributed by atoms with Gasteiger partial charge in [0.15, 0.2) is 0 Å². The molecule has 1 atom stereocenters. The maximum atomic E-state index is 13.6. The third-order valence-corrected chi connectivity index (χ3v) is 7.10. The van der Waals surface area contributed by atoms with Crippen molar-refractivity contribution < 1.29 is 14.0 Å². The number of unbranched alkanes of at least 4 members (excludes halogenated alkanes) is 1. The van der Waals surface area contributed by atoms with Crippen LogP contribution in [-0.2, 0) is 11.2 Å². The molecule has 0 saturated carbocycles. The van der Waals surface area contributed by atoms with E-state index in [2.05, 4.69) is 16.7 Å². The molecule has 9 heteroatoms. The second-order valence-electron chi connectivity index (χ2n) is 9.90. The summed E-state index contributed by atoms with van der Waals surface area (Å²) in [6.07, 6.45) is 4.37. The molecule has 1 fully saturated rings. The van der Waals surface area contributed by atoms with E-state index in [1.165, 1.54) is 12.1 Å².